The van der Waals surface area contributed by atoms with Crippen molar-refractivity contribution in [3.8, 4) is 0 Å². The smallest absolute Gasteiger partial charge is 0.289 e. The predicted octanol–water partition coefficient (Wildman–Crippen LogP) is 0.993. The monoisotopic (exact) mass is 415 g/mol. The van der Waals surface area contributed by atoms with Gasteiger partial charge in [-0.05, 0) is 32.3 Å². The van der Waals surface area contributed by atoms with Crippen LogP contribution in [0.1, 0.15) is 60.0 Å². The molecular formula is C20H29N7O3. The average Bonchev–Trinajstić information content (AvgIpc) is 3.30. The Balaban J connectivity index is 1.48. The number of likely N-dealkylation sites (tertiary alicyclic amines) is 1. The first-order valence-electron chi connectivity index (χ1n) is 10.5. The third-order valence-corrected chi connectivity index (χ3v) is 6.30. The van der Waals surface area contributed by atoms with Gasteiger partial charge in [-0.15, -0.1) is 10.2 Å². The van der Waals surface area contributed by atoms with Gasteiger partial charge >= 0.3 is 0 Å². The lowest BCUT2D eigenvalue weighted by Crippen LogP contribution is -2.47. The average molecular weight is 415 g/mol. The van der Waals surface area contributed by atoms with Gasteiger partial charge in [0.25, 0.3) is 11.8 Å². The third-order valence-electron chi connectivity index (χ3n) is 6.30. The Morgan fingerprint density at radius 3 is 2.73 bits per heavy atom. The van der Waals surface area contributed by atoms with E-state index in [1.54, 1.807) is 24.0 Å². The minimum Gasteiger partial charge on any atom is -0.373 e. The fourth-order valence-electron chi connectivity index (χ4n) is 4.14. The minimum atomic E-state index is -0.205. The van der Waals surface area contributed by atoms with Crippen molar-refractivity contribution in [2.75, 3.05) is 19.7 Å². The Morgan fingerprint density at radius 1 is 1.30 bits per heavy atom. The highest BCUT2D eigenvalue weighted by atomic mass is 16.5. The molecule has 1 saturated heterocycles. The maximum Gasteiger partial charge on any atom is 0.289 e. The Labute approximate surface area is 175 Å². The first-order valence-corrected chi connectivity index (χ1v) is 10.5. The highest BCUT2D eigenvalue weighted by molar-refractivity contribution is 5.92. The van der Waals surface area contributed by atoms with Crippen LogP contribution < -0.4 is 5.32 Å². The van der Waals surface area contributed by atoms with Crippen molar-refractivity contribution in [2.45, 2.75) is 52.3 Å². The predicted molar refractivity (Wildman–Crippen MR) is 108 cm³/mol. The van der Waals surface area contributed by atoms with Gasteiger partial charge in [0.15, 0.2) is 5.82 Å². The molecule has 30 heavy (non-hydrogen) atoms. The van der Waals surface area contributed by atoms with Gasteiger partial charge < -0.3 is 19.5 Å². The summed E-state index contributed by atoms with van der Waals surface area (Å²) in [6.45, 7) is 6.81. The van der Waals surface area contributed by atoms with Crippen LogP contribution in [0.3, 0.4) is 0 Å². The third kappa shape index (κ3) is 3.83. The van der Waals surface area contributed by atoms with Crippen LogP contribution >= 0.6 is 0 Å². The summed E-state index contributed by atoms with van der Waals surface area (Å²) in [6, 6.07) is 1.82. The molecule has 2 aromatic rings. The fraction of sp³-hybridized carbons (Fsp3) is 0.650. The molecule has 2 aliphatic heterocycles. The summed E-state index contributed by atoms with van der Waals surface area (Å²) in [6.07, 6.45) is 4.07. The van der Waals surface area contributed by atoms with Crippen LogP contribution in [-0.4, -0.2) is 67.0 Å². The number of hydrogen-bond acceptors (Lipinski definition) is 6. The second kappa shape index (κ2) is 8.17. The number of ether oxygens (including phenoxy) is 1. The summed E-state index contributed by atoms with van der Waals surface area (Å²) in [5.74, 6) is 0.806. The maximum absolute atomic E-state index is 12.8. The number of carbonyl (C=O) groups is 2. The molecule has 1 fully saturated rings. The van der Waals surface area contributed by atoms with Crippen molar-refractivity contribution in [2.24, 2.45) is 12.5 Å². The van der Waals surface area contributed by atoms with Crippen LogP contribution in [0, 0.1) is 5.41 Å². The van der Waals surface area contributed by atoms with E-state index < -0.39 is 0 Å². The van der Waals surface area contributed by atoms with Gasteiger partial charge in [-0.2, -0.15) is 5.10 Å². The van der Waals surface area contributed by atoms with Gasteiger partial charge in [-0.3, -0.25) is 14.3 Å². The van der Waals surface area contributed by atoms with E-state index in [1.807, 2.05) is 23.3 Å². The lowest BCUT2D eigenvalue weighted by Gasteiger charge is -2.41. The molecule has 2 aromatic heterocycles. The number of amides is 2. The molecule has 162 valence electrons. The van der Waals surface area contributed by atoms with Gasteiger partial charge in [-0.25, -0.2) is 0 Å². The zero-order valence-electron chi connectivity index (χ0n) is 17.8. The molecule has 0 aromatic carbocycles. The van der Waals surface area contributed by atoms with Gasteiger partial charge in [0.1, 0.15) is 12.3 Å². The fourth-order valence-corrected chi connectivity index (χ4v) is 4.14. The van der Waals surface area contributed by atoms with E-state index in [-0.39, 0.29) is 23.3 Å². The zero-order chi connectivity index (χ0) is 21.3. The molecule has 0 aliphatic carbocycles. The SMILES string of the molecule is CC[C@@H](C)NC(=O)c1nnc2n1CC1(CCN(C(=O)c3ccnn3C)CC1)COC2. The first-order chi connectivity index (χ1) is 14.4. The molecule has 1 atom stereocenters. The molecule has 2 amide bonds. The number of nitrogens with zero attached hydrogens (tertiary/aromatic N) is 6. The molecule has 10 heteroatoms. The Hall–Kier alpha value is -2.75. The highest BCUT2D eigenvalue weighted by Gasteiger charge is 2.40. The van der Waals surface area contributed by atoms with E-state index in [0.29, 0.717) is 50.2 Å². The van der Waals surface area contributed by atoms with Crippen LogP contribution in [0.25, 0.3) is 0 Å². The largest absolute Gasteiger partial charge is 0.373 e. The van der Waals surface area contributed by atoms with Crippen molar-refractivity contribution in [3.05, 3.63) is 29.6 Å². The normalized spacial score (nSPS) is 19.2. The van der Waals surface area contributed by atoms with Crippen molar-refractivity contribution in [3.63, 3.8) is 0 Å². The second-order valence-electron chi connectivity index (χ2n) is 8.43. The van der Waals surface area contributed by atoms with Gasteiger partial charge in [0, 0.05) is 44.3 Å². The van der Waals surface area contributed by atoms with Gasteiger partial charge in [-0.1, -0.05) is 6.92 Å². The summed E-state index contributed by atoms with van der Waals surface area (Å²) in [7, 11) is 1.78. The molecule has 0 unspecified atom stereocenters. The second-order valence-corrected chi connectivity index (χ2v) is 8.43. The van der Waals surface area contributed by atoms with Crippen LogP contribution in [0.15, 0.2) is 12.3 Å². The highest BCUT2D eigenvalue weighted by Crippen LogP contribution is 2.36. The summed E-state index contributed by atoms with van der Waals surface area (Å²) >= 11 is 0. The number of rotatable bonds is 4. The number of carbonyl (C=O) groups excluding carboxylic acids is 2. The van der Waals surface area contributed by atoms with E-state index >= 15 is 0 Å². The zero-order valence-corrected chi connectivity index (χ0v) is 17.8. The summed E-state index contributed by atoms with van der Waals surface area (Å²) in [5, 5.41) is 15.4. The van der Waals surface area contributed by atoms with Crippen LogP contribution in [0.5, 0.6) is 0 Å². The Kier molecular flexibility index (Phi) is 5.59. The van der Waals surface area contributed by atoms with E-state index in [0.717, 1.165) is 19.3 Å². The number of nitrogens with one attached hydrogen (secondary N) is 1. The molecule has 1 N–H and O–H groups in total. The van der Waals surface area contributed by atoms with Gasteiger partial charge in [0.2, 0.25) is 5.82 Å². The van der Waals surface area contributed by atoms with E-state index in [2.05, 4.69) is 20.6 Å². The summed E-state index contributed by atoms with van der Waals surface area (Å²) in [5.41, 5.74) is 0.440. The topological polar surface area (TPSA) is 107 Å². The van der Waals surface area contributed by atoms with Crippen LogP contribution in [0.2, 0.25) is 0 Å². The Morgan fingerprint density at radius 2 is 2.07 bits per heavy atom. The van der Waals surface area contributed by atoms with E-state index in [1.165, 1.54) is 0 Å². The molecular weight excluding hydrogens is 386 g/mol. The number of aromatic nitrogens is 5. The van der Waals surface area contributed by atoms with Crippen molar-refractivity contribution >= 4 is 11.8 Å². The molecule has 10 nitrogen and oxygen atoms in total. The quantitative estimate of drug-likeness (QED) is 0.798. The molecule has 0 saturated carbocycles. The maximum atomic E-state index is 12.8. The summed E-state index contributed by atoms with van der Waals surface area (Å²) < 4.78 is 9.43. The van der Waals surface area contributed by atoms with Crippen molar-refractivity contribution in [1.82, 2.24) is 34.8 Å². The van der Waals surface area contributed by atoms with Gasteiger partial charge in [0.05, 0.1) is 6.61 Å². The van der Waals surface area contributed by atoms with Crippen LogP contribution in [0.4, 0.5) is 0 Å². The number of hydrogen-bond donors (Lipinski definition) is 1. The van der Waals surface area contributed by atoms with Crippen LogP contribution in [-0.2, 0) is 24.9 Å². The van der Waals surface area contributed by atoms with Crippen molar-refractivity contribution in [1.29, 1.82) is 0 Å². The number of piperidine rings is 1. The number of aryl methyl sites for hydroxylation is 1. The van der Waals surface area contributed by atoms with E-state index in [4.69, 9.17) is 4.74 Å². The number of fused-ring (bicyclic) bond motifs is 1. The molecule has 0 radical (unpaired) electrons. The molecule has 1 spiro atoms. The summed E-state index contributed by atoms with van der Waals surface area (Å²) in [4.78, 5) is 27.4. The molecule has 2 aliphatic rings. The molecule has 4 rings (SSSR count). The standard InChI is InChI=1S/C20H29N7O3/c1-4-14(2)22-18(28)17-24-23-16-11-30-13-20(12-27(16)17)6-9-26(10-7-20)19(29)15-5-8-21-25(15)3/h5,8,14H,4,6-7,9-13H2,1-3H3,(H,22,28)/t14-/m1/s1. The van der Waals surface area contributed by atoms with Crippen molar-refractivity contribution < 1.29 is 14.3 Å². The minimum absolute atomic E-state index is 0.00185. The first kappa shape index (κ1) is 20.5. The molecule has 0 bridgehead atoms. The molecule has 4 heterocycles. The lowest BCUT2D eigenvalue weighted by molar-refractivity contribution is -0.00226. The lowest BCUT2D eigenvalue weighted by atomic mass is 9.78. The van der Waals surface area contributed by atoms with E-state index in [9.17, 15) is 9.59 Å². The Bertz CT molecular complexity index is 927.